The second-order valence-electron chi connectivity index (χ2n) is 3.70. The Labute approximate surface area is 90.3 Å². The van der Waals surface area contributed by atoms with Crippen molar-refractivity contribution >= 4 is 6.21 Å². The zero-order chi connectivity index (χ0) is 11.8. The molecule has 0 aromatic rings. The normalized spacial score (nSPS) is 38.2. The highest BCUT2D eigenvalue weighted by Gasteiger charge is 2.68. The highest BCUT2D eigenvalue weighted by Crippen LogP contribution is 2.48. The summed E-state index contributed by atoms with van der Waals surface area (Å²) in [6, 6.07) is 0. The van der Waals surface area contributed by atoms with E-state index in [2.05, 4.69) is 9.99 Å². The van der Waals surface area contributed by atoms with Crippen LogP contribution in [-0.2, 0) is 14.3 Å². The summed E-state index contributed by atoms with van der Waals surface area (Å²) in [5.41, 5.74) is 0. The number of rotatable bonds is 2. The van der Waals surface area contributed by atoms with Crippen LogP contribution in [0.25, 0.3) is 0 Å². The molecule has 0 aromatic carbocycles. The van der Waals surface area contributed by atoms with Gasteiger partial charge < -0.3 is 14.3 Å². The molecule has 0 aliphatic carbocycles. The second kappa shape index (κ2) is 3.89. The van der Waals surface area contributed by atoms with E-state index in [1.807, 2.05) is 0 Å². The van der Waals surface area contributed by atoms with Crippen molar-refractivity contribution in [2.24, 2.45) is 11.1 Å². The van der Waals surface area contributed by atoms with Gasteiger partial charge in [-0.1, -0.05) is 5.16 Å². The van der Waals surface area contributed by atoms with Crippen LogP contribution in [0.5, 0.6) is 0 Å². The number of nitrogens with zero attached hydrogens (tertiary/aromatic N) is 1. The third kappa shape index (κ3) is 1.67. The van der Waals surface area contributed by atoms with Crippen LogP contribution in [0.2, 0.25) is 0 Å². The Kier molecular flexibility index (Phi) is 2.83. The number of oxime groups is 1. The summed E-state index contributed by atoms with van der Waals surface area (Å²) < 4.78 is 48.7. The SMILES string of the molecule is CCOC1CCC2C=NOC2(C(F)(F)F)O1. The predicted octanol–water partition coefficient (Wildman–Crippen LogP) is 2.05. The maximum absolute atomic E-state index is 12.9. The van der Waals surface area contributed by atoms with Crippen molar-refractivity contribution < 1.29 is 27.5 Å². The van der Waals surface area contributed by atoms with Crippen LogP contribution in [-0.4, -0.2) is 31.1 Å². The fraction of sp³-hybridized carbons (Fsp3) is 0.889. The number of halogens is 3. The zero-order valence-electron chi connectivity index (χ0n) is 8.66. The van der Waals surface area contributed by atoms with Crippen LogP contribution in [0.15, 0.2) is 5.16 Å². The molecule has 3 unspecified atom stereocenters. The summed E-state index contributed by atoms with van der Waals surface area (Å²) in [5.74, 6) is -3.53. The molecule has 0 saturated carbocycles. The Bertz CT molecular complexity index is 294. The molecule has 2 heterocycles. The fourth-order valence-corrected chi connectivity index (χ4v) is 1.92. The summed E-state index contributed by atoms with van der Waals surface area (Å²) in [5, 5.41) is 3.24. The van der Waals surface area contributed by atoms with Gasteiger partial charge in [0.25, 0.3) is 0 Å². The van der Waals surface area contributed by atoms with E-state index >= 15 is 0 Å². The van der Waals surface area contributed by atoms with E-state index in [1.165, 1.54) is 0 Å². The molecule has 0 spiro atoms. The predicted molar refractivity (Wildman–Crippen MR) is 47.6 cm³/mol. The maximum atomic E-state index is 12.9. The van der Waals surface area contributed by atoms with Crippen molar-refractivity contribution in [3.05, 3.63) is 0 Å². The van der Waals surface area contributed by atoms with E-state index in [4.69, 9.17) is 9.47 Å². The van der Waals surface area contributed by atoms with Gasteiger partial charge in [-0.3, -0.25) is 0 Å². The first-order valence-electron chi connectivity index (χ1n) is 5.07. The number of fused-ring (bicyclic) bond motifs is 1. The molecular formula is C9H12F3NO3. The Morgan fingerprint density at radius 3 is 2.88 bits per heavy atom. The van der Waals surface area contributed by atoms with Crippen LogP contribution < -0.4 is 0 Å². The van der Waals surface area contributed by atoms with E-state index in [0.29, 0.717) is 13.0 Å². The smallest absolute Gasteiger partial charge is 0.353 e. The first-order valence-corrected chi connectivity index (χ1v) is 5.07. The summed E-state index contributed by atoms with van der Waals surface area (Å²) in [7, 11) is 0. The number of alkyl halides is 3. The summed E-state index contributed by atoms with van der Waals surface area (Å²) >= 11 is 0. The first-order chi connectivity index (χ1) is 7.49. The van der Waals surface area contributed by atoms with Crippen molar-refractivity contribution in [3.63, 3.8) is 0 Å². The van der Waals surface area contributed by atoms with Crippen molar-refractivity contribution in [2.75, 3.05) is 6.61 Å². The van der Waals surface area contributed by atoms with Gasteiger partial charge in [-0.15, -0.1) is 0 Å². The van der Waals surface area contributed by atoms with Crippen molar-refractivity contribution in [1.29, 1.82) is 0 Å². The largest absolute Gasteiger partial charge is 0.458 e. The van der Waals surface area contributed by atoms with E-state index in [0.717, 1.165) is 6.21 Å². The Morgan fingerprint density at radius 1 is 1.50 bits per heavy atom. The van der Waals surface area contributed by atoms with Gasteiger partial charge in [-0.05, 0) is 19.8 Å². The fourth-order valence-electron chi connectivity index (χ4n) is 1.92. The monoisotopic (exact) mass is 239 g/mol. The van der Waals surface area contributed by atoms with Crippen LogP contribution in [0.1, 0.15) is 19.8 Å². The van der Waals surface area contributed by atoms with Crippen molar-refractivity contribution in [3.8, 4) is 0 Å². The lowest BCUT2D eigenvalue weighted by Crippen LogP contribution is -2.57. The maximum Gasteiger partial charge on any atom is 0.458 e. The molecule has 1 fully saturated rings. The molecule has 0 N–H and O–H groups in total. The van der Waals surface area contributed by atoms with Crippen LogP contribution in [0, 0.1) is 5.92 Å². The zero-order valence-corrected chi connectivity index (χ0v) is 8.66. The van der Waals surface area contributed by atoms with Gasteiger partial charge in [0.1, 0.15) is 0 Å². The van der Waals surface area contributed by atoms with Crippen LogP contribution >= 0.6 is 0 Å². The first kappa shape index (κ1) is 11.7. The molecule has 3 atom stereocenters. The van der Waals surface area contributed by atoms with Gasteiger partial charge >= 0.3 is 12.0 Å². The average molecular weight is 239 g/mol. The third-order valence-corrected chi connectivity index (χ3v) is 2.68. The Morgan fingerprint density at radius 2 is 2.25 bits per heavy atom. The molecule has 4 nitrogen and oxygen atoms in total. The topological polar surface area (TPSA) is 40.0 Å². The highest BCUT2D eigenvalue weighted by atomic mass is 19.4. The quantitative estimate of drug-likeness (QED) is 0.740. The number of hydrogen-bond acceptors (Lipinski definition) is 4. The Hall–Kier alpha value is -0.820. The molecular weight excluding hydrogens is 227 g/mol. The molecule has 0 radical (unpaired) electrons. The van der Waals surface area contributed by atoms with E-state index < -0.39 is 24.2 Å². The lowest BCUT2D eigenvalue weighted by molar-refractivity contribution is -0.430. The molecule has 16 heavy (non-hydrogen) atoms. The molecule has 2 aliphatic heterocycles. The van der Waals surface area contributed by atoms with Gasteiger partial charge in [0.2, 0.25) is 0 Å². The van der Waals surface area contributed by atoms with Gasteiger partial charge in [0, 0.05) is 6.61 Å². The Balaban J connectivity index is 2.18. The van der Waals surface area contributed by atoms with E-state index in [1.54, 1.807) is 6.92 Å². The van der Waals surface area contributed by atoms with Gasteiger partial charge in [-0.25, -0.2) is 0 Å². The molecule has 0 bridgehead atoms. The summed E-state index contributed by atoms with van der Waals surface area (Å²) in [6.07, 6.45) is -3.66. The summed E-state index contributed by atoms with van der Waals surface area (Å²) in [6.45, 7) is 1.99. The van der Waals surface area contributed by atoms with Crippen LogP contribution in [0.4, 0.5) is 13.2 Å². The molecule has 7 heteroatoms. The van der Waals surface area contributed by atoms with Gasteiger partial charge in [0.05, 0.1) is 12.1 Å². The lowest BCUT2D eigenvalue weighted by atomic mass is 9.91. The van der Waals surface area contributed by atoms with Crippen molar-refractivity contribution in [1.82, 2.24) is 0 Å². The van der Waals surface area contributed by atoms with Gasteiger partial charge in [0.15, 0.2) is 6.29 Å². The third-order valence-electron chi connectivity index (χ3n) is 2.68. The minimum Gasteiger partial charge on any atom is -0.353 e. The highest BCUT2D eigenvalue weighted by molar-refractivity contribution is 5.63. The minimum atomic E-state index is -4.62. The number of ether oxygens (including phenoxy) is 2. The van der Waals surface area contributed by atoms with Crippen molar-refractivity contribution in [2.45, 2.75) is 38.0 Å². The molecule has 2 rings (SSSR count). The van der Waals surface area contributed by atoms with E-state index in [9.17, 15) is 13.2 Å². The average Bonchev–Trinajstić information content (AvgIpc) is 2.61. The lowest BCUT2D eigenvalue weighted by Gasteiger charge is -2.40. The minimum absolute atomic E-state index is 0.285. The van der Waals surface area contributed by atoms with Crippen LogP contribution in [0.3, 0.4) is 0 Å². The molecule has 0 amide bonds. The van der Waals surface area contributed by atoms with Gasteiger partial charge in [-0.2, -0.15) is 13.2 Å². The molecule has 2 aliphatic rings. The second-order valence-corrected chi connectivity index (χ2v) is 3.70. The number of hydrogen-bond donors (Lipinski definition) is 0. The summed E-state index contributed by atoms with van der Waals surface area (Å²) in [4.78, 5) is 4.43. The standard InChI is InChI=1S/C9H12F3NO3/c1-2-14-7-4-3-6-5-13-16-8(6,15-7)9(10,11)12/h5-7H,2-4H2,1H3. The molecule has 92 valence electrons. The molecule has 0 aromatic heterocycles. The molecule has 1 saturated heterocycles. The van der Waals surface area contributed by atoms with E-state index in [-0.39, 0.29) is 6.42 Å².